The van der Waals surface area contributed by atoms with Gasteiger partial charge in [0.15, 0.2) is 0 Å². The molecule has 2 rings (SSSR count). The standard InChI is InChI=1S/C12H22N2O/c1-3-4-9(2)12(15)14-7-10-5-6-13-11(10)8-14/h9-11,13H,3-8H2,1-2H3/t9?,10-,11+/m0/s1. The van der Waals surface area contributed by atoms with Crippen molar-refractivity contribution in [2.24, 2.45) is 11.8 Å². The van der Waals surface area contributed by atoms with Crippen molar-refractivity contribution in [1.29, 1.82) is 0 Å². The number of hydrogen-bond acceptors (Lipinski definition) is 2. The van der Waals surface area contributed by atoms with E-state index >= 15 is 0 Å². The minimum atomic E-state index is 0.217. The molecule has 0 aromatic carbocycles. The first kappa shape index (κ1) is 10.9. The molecule has 3 atom stereocenters. The van der Waals surface area contributed by atoms with Crippen molar-refractivity contribution in [2.45, 2.75) is 39.2 Å². The number of nitrogens with one attached hydrogen (secondary N) is 1. The molecule has 3 heteroatoms. The summed E-state index contributed by atoms with van der Waals surface area (Å²) in [7, 11) is 0. The van der Waals surface area contributed by atoms with E-state index in [-0.39, 0.29) is 5.92 Å². The topological polar surface area (TPSA) is 32.3 Å². The van der Waals surface area contributed by atoms with Gasteiger partial charge in [0.05, 0.1) is 0 Å². The van der Waals surface area contributed by atoms with Crippen molar-refractivity contribution in [3.05, 3.63) is 0 Å². The predicted octanol–water partition coefficient (Wildman–Crippen LogP) is 1.24. The number of likely N-dealkylation sites (tertiary alicyclic amines) is 1. The Morgan fingerprint density at radius 1 is 1.53 bits per heavy atom. The number of amides is 1. The molecule has 0 saturated carbocycles. The molecule has 1 N–H and O–H groups in total. The van der Waals surface area contributed by atoms with Crippen molar-refractivity contribution >= 4 is 5.91 Å². The Morgan fingerprint density at radius 2 is 2.33 bits per heavy atom. The van der Waals surface area contributed by atoms with Crippen LogP contribution in [0, 0.1) is 11.8 Å². The van der Waals surface area contributed by atoms with E-state index in [0.717, 1.165) is 38.4 Å². The summed E-state index contributed by atoms with van der Waals surface area (Å²) in [5.41, 5.74) is 0. The van der Waals surface area contributed by atoms with Crippen LogP contribution in [0.15, 0.2) is 0 Å². The van der Waals surface area contributed by atoms with Crippen LogP contribution in [0.4, 0.5) is 0 Å². The van der Waals surface area contributed by atoms with Gasteiger partial charge in [-0.25, -0.2) is 0 Å². The van der Waals surface area contributed by atoms with Crippen molar-refractivity contribution in [1.82, 2.24) is 10.2 Å². The fraction of sp³-hybridized carbons (Fsp3) is 0.917. The van der Waals surface area contributed by atoms with Gasteiger partial charge in [-0.3, -0.25) is 4.79 Å². The van der Waals surface area contributed by atoms with Gasteiger partial charge in [0.25, 0.3) is 0 Å². The van der Waals surface area contributed by atoms with Crippen molar-refractivity contribution in [3.63, 3.8) is 0 Å². The first-order chi connectivity index (χ1) is 7.22. The van der Waals surface area contributed by atoms with Crippen LogP contribution < -0.4 is 5.32 Å². The Bertz CT molecular complexity index is 230. The van der Waals surface area contributed by atoms with Gasteiger partial charge in [0.2, 0.25) is 5.91 Å². The highest BCUT2D eigenvalue weighted by molar-refractivity contribution is 5.78. The van der Waals surface area contributed by atoms with Crippen LogP contribution in [0.5, 0.6) is 0 Å². The van der Waals surface area contributed by atoms with Crippen LogP contribution in [-0.4, -0.2) is 36.5 Å². The summed E-state index contributed by atoms with van der Waals surface area (Å²) < 4.78 is 0. The van der Waals surface area contributed by atoms with E-state index in [1.54, 1.807) is 0 Å². The summed E-state index contributed by atoms with van der Waals surface area (Å²) in [5, 5.41) is 3.48. The quantitative estimate of drug-likeness (QED) is 0.760. The molecule has 0 spiro atoms. The molecule has 15 heavy (non-hydrogen) atoms. The third-order valence-electron chi connectivity index (χ3n) is 3.82. The van der Waals surface area contributed by atoms with E-state index in [9.17, 15) is 4.79 Å². The number of carbonyl (C=O) groups excluding carboxylic acids is 1. The molecule has 2 fully saturated rings. The Hall–Kier alpha value is -0.570. The molecule has 86 valence electrons. The molecule has 3 nitrogen and oxygen atoms in total. The van der Waals surface area contributed by atoms with Crippen LogP contribution in [0.3, 0.4) is 0 Å². The van der Waals surface area contributed by atoms with Crippen molar-refractivity contribution < 1.29 is 4.79 Å². The molecule has 2 heterocycles. The molecule has 0 radical (unpaired) electrons. The second kappa shape index (κ2) is 4.52. The van der Waals surface area contributed by atoms with Crippen LogP contribution in [0.2, 0.25) is 0 Å². The van der Waals surface area contributed by atoms with E-state index < -0.39 is 0 Å². The normalized spacial score (nSPS) is 31.7. The molecule has 1 unspecified atom stereocenters. The monoisotopic (exact) mass is 210 g/mol. The molecule has 0 aromatic heterocycles. The maximum absolute atomic E-state index is 12.1. The van der Waals surface area contributed by atoms with E-state index in [2.05, 4.69) is 24.1 Å². The zero-order valence-electron chi connectivity index (χ0n) is 9.83. The smallest absolute Gasteiger partial charge is 0.225 e. The average Bonchev–Trinajstić information content (AvgIpc) is 2.75. The highest BCUT2D eigenvalue weighted by atomic mass is 16.2. The second-order valence-electron chi connectivity index (χ2n) is 5.04. The Morgan fingerprint density at radius 3 is 3.00 bits per heavy atom. The molecule has 1 amide bonds. The average molecular weight is 210 g/mol. The van der Waals surface area contributed by atoms with Gasteiger partial charge in [-0.2, -0.15) is 0 Å². The summed E-state index contributed by atoms with van der Waals surface area (Å²) in [6, 6.07) is 0.586. The molecule has 0 aromatic rings. The van der Waals surface area contributed by atoms with Crippen LogP contribution in [0.1, 0.15) is 33.1 Å². The lowest BCUT2D eigenvalue weighted by atomic mass is 10.0. The minimum absolute atomic E-state index is 0.217. The van der Waals surface area contributed by atoms with Gasteiger partial charge < -0.3 is 10.2 Å². The summed E-state index contributed by atoms with van der Waals surface area (Å²) in [6.45, 7) is 7.28. The largest absolute Gasteiger partial charge is 0.341 e. The van der Waals surface area contributed by atoms with Gasteiger partial charge in [-0.05, 0) is 25.3 Å². The van der Waals surface area contributed by atoms with E-state index in [1.165, 1.54) is 6.42 Å². The lowest BCUT2D eigenvalue weighted by Crippen LogP contribution is -2.36. The van der Waals surface area contributed by atoms with Crippen LogP contribution >= 0.6 is 0 Å². The van der Waals surface area contributed by atoms with Crippen LogP contribution in [0.25, 0.3) is 0 Å². The Labute approximate surface area is 92.2 Å². The summed E-state index contributed by atoms with van der Waals surface area (Å²) in [6.07, 6.45) is 3.38. The maximum atomic E-state index is 12.1. The number of fused-ring (bicyclic) bond motifs is 1. The zero-order valence-corrected chi connectivity index (χ0v) is 9.83. The van der Waals surface area contributed by atoms with Gasteiger partial charge >= 0.3 is 0 Å². The molecule has 2 aliphatic rings. The highest BCUT2D eigenvalue weighted by Crippen LogP contribution is 2.26. The molecular weight excluding hydrogens is 188 g/mol. The summed E-state index contributed by atoms with van der Waals surface area (Å²) in [5.74, 6) is 1.31. The van der Waals surface area contributed by atoms with Gasteiger partial charge in [0, 0.05) is 25.0 Å². The highest BCUT2D eigenvalue weighted by Gasteiger charge is 2.38. The van der Waals surface area contributed by atoms with Crippen molar-refractivity contribution in [3.8, 4) is 0 Å². The third-order valence-corrected chi connectivity index (χ3v) is 3.82. The third kappa shape index (κ3) is 2.17. The summed E-state index contributed by atoms with van der Waals surface area (Å²) >= 11 is 0. The second-order valence-corrected chi connectivity index (χ2v) is 5.04. The fourth-order valence-electron chi connectivity index (χ4n) is 2.90. The van der Waals surface area contributed by atoms with Gasteiger partial charge in [0.1, 0.15) is 0 Å². The molecular formula is C12H22N2O. The lowest BCUT2D eigenvalue weighted by molar-refractivity contribution is -0.134. The van der Waals surface area contributed by atoms with Crippen LogP contribution in [-0.2, 0) is 4.79 Å². The maximum Gasteiger partial charge on any atom is 0.225 e. The predicted molar refractivity (Wildman–Crippen MR) is 60.5 cm³/mol. The SMILES string of the molecule is CCCC(C)C(=O)N1C[C@@H]2CCN[C@@H]2C1. The molecule has 0 aliphatic carbocycles. The molecule has 0 bridgehead atoms. The first-order valence-corrected chi connectivity index (χ1v) is 6.24. The number of rotatable bonds is 3. The first-order valence-electron chi connectivity index (χ1n) is 6.24. The fourth-order valence-corrected chi connectivity index (χ4v) is 2.90. The van der Waals surface area contributed by atoms with Crippen molar-refractivity contribution in [2.75, 3.05) is 19.6 Å². The number of carbonyl (C=O) groups is 1. The minimum Gasteiger partial charge on any atom is -0.341 e. The van der Waals surface area contributed by atoms with E-state index in [1.807, 2.05) is 0 Å². The Kier molecular flexibility index (Phi) is 3.29. The summed E-state index contributed by atoms with van der Waals surface area (Å²) in [4.78, 5) is 14.1. The zero-order chi connectivity index (χ0) is 10.8. The number of nitrogens with zero attached hydrogens (tertiary/aromatic N) is 1. The van der Waals surface area contributed by atoms with E-state index in [4.69, 9.17) is 0 Å². The molecule has 2 saturated heterocycles. The lowest BCUT2D eigenvalue weighted by Gasteiger charge is -2.21. The Balaban J connectivity index is 1.87. The number of hydrogen-bond donors (Lipinski definition) is 1. The van der Waals surface area contributed by atoms with Gasteiger partial charge in [-0.15, -0.1) is 0 Å². The van der Waals surface area contributed by atoms with Gasteiger partial charge in [-0.1, -0.05) is 20.3 Å². The molecule has 2 aliphatic heterocycles. The van der Waals surface area contributed by atoms with E-state index in [0.29, 0.717) is 11.9 Å².